The Bertz CT molecular complexity index is 789. The van der Waals surface area contributed by atoms with Crippen molar-refractivity contribution in [1.82, 2.24) is 9.71 Å². The van der Waals surface area contributed by atoms with Crippen molar-refractivity contribution in [2.24, 2.45) is 0 Å². The van der Waals surface area contributed by atoms with E-state index in [-0.39, 0.29) is 11.4 Å². The Kier molecular flexibility index (Phi) is 5.43. The molecule has 0 radical (unpaired) electrons. The van der Waals surface area contributed by atoms with Crippen LogP contribution in [0.4, 0.5) is 0 Å². The quantitative estimate of drug-likeness (QED) is 0.649. The Labute approximate surface area is 133 Å². The summed E-state index contributed by atoms with van der Waals surface area (Å²) in [4.78, 5) is 14.7. The van der Waals surface area contributed by atoms with E-state index in [0.717, 1.165) is 11.6 Å². The lowest BCUT2D eigenvalue weighted by Gasteiger charge is -2.07. The number of allylic oxidation sites excluding steroid dienone is 1. The summed E-state index contributed by atoms with van der Waals surface area (Å²) in [5.41, 5.74) is 1.33. The number of halogens is 1. The Morgan fingerprint density at radius 3 is 2.77 bits per heavy atom. The molecule has 0 saturated carbocycles. The van der Waals surface area contributed by atoms with E-state index >= 15 is 0 Å². The molecule has 0 amide bonds. The van der Waals surface area contributed by atoms with E-state index in [2.05, 4.69) is 9.71 Å². The summed E-state index contributed by atoms with van der Waals surface area (Å²) in [6.45, 7) is 0.149. The largest absolute Gasteiger partial charge is 0.276 e. The second-order valence-electron chi connectivity index (χ2n) is 4.40. The van der Waals surface area contributed by atoms with Crippen LogP contribution in [0.25, 0.3) is 6.08 Å². The third kappa shape index (κ3) is 4.77. The smallest absolute Gasteiger partial charge is 0.245 e. The van der Waals surface area contributed by atoms with Crippen LogP contribution in [0, 0.1) is 0 Å². The minimum Gasteiger partial charge on any atom is -0.276 e. The molecule has 0 spiro atoms. The molecule has 0 aliphatic heterocycles. The second-order valence-corrected chi connectivity index (χ2v) is 6.54. The predicted molar refractivity (Wildman–Crippen MR) is 84.6 cm³/mol. The van der Waals surface area contributed by atoms with Crippen LogP contribution in [0.3, 0.4) is 0 Å². The number of nitrogens with zero attached hydrogens (tertiary/aromatic N) is 1. The van der Waals surface area contributed by atoms with Gasteiger partial charge in [-0.3, -0.25) is 9.78 Å². The predicted octanol–water partition coefficient (Wildman–Crippen LogP) is 2.34. The molecule has 0 bridgehead atoms. The summed E-state index contributed by atoms with van der Waals surface area (Å²) < 4.78 is 27.0. The number of benzene rings is 1. The topological polar surface area (TPSA) is 76.1 Å². The van der Waals surface area contributed by atoms with Gasteiger partial charge in [-0.1, -0.05) is 24.3 Å². The highest BCUT2D eigenvalue weighted by Crippen LogP contribution is 2.13. The lowest BCUT2D eigenvalue weighted by molar-refractivity contribution is -0.107. The molecular weight excluding hydrogens is 324 g/mol. The monoisotopic (exact) mass is 336 g/mol. The van der Waals surface area contributed by atoms with Crippen molar-refractivity contribution < 1.29 is 13.2 Å². The highest BCUT2D eigenvalue weighted by atomic mass is 35.5. The number of rotatable bonds is 6. The van der Waals surface area contributed by atoms with Gasteiger partial charge in [0.25, 0.3) is 0 Å². The van der Waals surface area contributed by atoms with Crippen molar-refractivity contribution in [3.8, 4) is 0 Å². The SMILES string of the molecule is O=C(Cl)/C=C/c1cccc(S(=O)(=O)NCc2cccnc2)c1. The summed E-state index contributed by atoms with van der Waals surface area (Å²) in [5, 5.41) is -0.622. The average molecular weight is 337 g/mol. The van der Waals surface area contributed by atoms with Crippen molar-refractivity contribution >= 4 is 32.9 Å². The number of carbonyl (C=O) groups excluding carboxylic acids is 1. The fourth-order valence-corrected chi connectivity index (χ4v) is 2.85. The normalized spacial score (nSPS) is 11.7. The molecule has 2 rings (SSSR count). The van der Waals surface area contributed by atoms with Crippen LogP contribution >= 0.6 is 11.6 Å². The highest BCUT2D eigenvalue weighted by molar-refractivity contribution is 7.89. The first-order valence-corrected chi connectivity index (χ1v) is 8.20. The third-order valence-corrected chi connectivity index (χ3v) is 4.29. The van der Waals surface area contributed by atoms with Crippen LogP contribution in [-0.4, -0.2) is 18.6 Å². The van der Waals surface area contributed by atoms with Gasteiger partial charge in [-0.15, -0.1) is 0 Å². The Balaban J connectivity index is 2.15. The van der Waals surface area contributed by atoms with Crippen molar-refractivity contribution in [1.29, 1.82) is 0 Å². The first-order chi connectivity index (χ1) is 10.5. The molecule has 7 heteroatoms. The van der Waals surface area contributed by atoms with E-state index < -0.39 is 15.3 Å². The molecule has 1 aromatic carbocycles. The van der Waals surface area contributed by atoms with Crippen LogP contribution in [0.15, 0.2) is 59.8 Å². The Hall–Kier alpha value is -2.02. The zero-order chi connectivity index (χ0) is 16.0. The summed E-state index contributed by atoms with van der Waals surface area (Å²) in [6, 6.07) is 9.72. The fourth-order valence-electron chi connectivity index (χ4n) is 1.71. The van der Waals surface area contributed by atoms with Gasteiger partial charge in [0.05, 0.1) is 4.90 Å². The van der Waals surface area contributed by atoms with E-state index in [0.29, 0.717) is 5.56 Å². The highest BCUT2D eigenvalue weighted by Gasteiger charge is 2.13. The number of sulfonamides is 1. The van der Waals surface area contributed by atoms with Crippen molar-refractivity contribution in [3.63, 3.8) is 0 Å². The van der Waals surface area contributed by atoms with Crippen molar-refractivity contribution in [3.05, 3.63) is 66.0 Å². The summed E-state index contributed by atoms with van der Waals surface area (Å²) in [6.07, 6.45) is 5.82. The zero-order valence-corrected chi connectivity index (χ0v) is 13.0. The Morgan fingerprint density at radius 1 is 1.27 bits per heavy atom. The Morgan fingerprint density at radius 2 is 2.09 bits per heavy atom. The van der Waals surface area contributed by atoms with Gasteiger partial charge in [0.1, 0.15) is 0 Å². The maximum Gasteiger partial charge on any atom is 0.245 e. The van der Waals surface area contributed by atoms with E-state index in [4.69, 9.17) is 11.6 Å². The van der Waals surface area contributed by atoms with E-state index in [1.54, 1.807) is 36.7 Å². The van der Waals surface area contributed by atoms with E-state index in [9.17, 15) is 13.2 Å². The number of carbonyl (C=O) groups is 1. The number of hydrogen-bond donors (Lipinski definition) is 1. The number of pyridine rings is 1. The second kappa shape index (κ2) is 7.31. The lowest BCUT2D eigenvalue weighted by Crippen LogP contribution is -2.23. The average Bonchev–Trinajstić information content (AvgIpc) is 2.52. The molecule has 0 fully saturated rings. The number of aromatic nitrogens is 1. The molecule has 0 atom stereocenters. The van der Waals surface area contributed by atoms with Gasteiger partial charge in [0.2, 0.25) is 15.3 Å². The molecule has 22 heavy (non-hydrogen) atoms. The maximum absolute atomic E-state index is 12.2. The molecular formula is C15H13ClN2O3S. The van der Waals surface area contributed by atoms with E-state index in [1.807, 2.05) is 0 Å². The van der Waals surface area contributed by atoms with Crippen LogP contribution in [0.1, 0.15) is 11.1 Å². The summed E-state index contributed by atoms with van der Waals surface area (Å²) in [7, 11) is -3.65. The maximum atomic E-state index is 12.2. The molecule has 1 N–H and O–H groups in total. The molecule has 0 saturated heterocycles. The van der Waals surface area contributed by atoms with Gasteiger partial charge in [0.15, 0.2) is 0 Å². The molecule has 114 valence electrons. The standard InChI is InChI=1S/C15H13ClN2O3S/c16-15(19)7-6-12-3-1-5-14(9-12)22(20,21)18-11-13-4-2-8-17-10-13/h1-10,18H,11H2/b7-6+. The molecule has 0 aliphatic carbocycles. The first-order valence-electron chi connectivity index (χ1n) is 6.33. The molecule has 0 unspecified atom stereocenters. The van der Waals surface area contributed by atoms with Gasteiger partial charge >= 0.3 is 0 Å². The van der Waals surface area contributed by atoms with Crippen molar-refractivity contribution in [2.75, 3.05) is 0 Å². The molecule has 2 aromatic rings. The minimum absolute atomic E-state index is 0.112. The molecule has 1 heterocycles. The van der Waals surface area contributed by atoms with Crippen LogP contribution in [0.5, 0.6) is 0 Å². The fraction of sp³-hybridized carbons (Fsp3) is 0.0667. The molecule has 0 aliphatic rings. The van der Waals surface area contributed by atoms with Crippen LogP contribution in [-0.2, 0) is 21.4 Å². The van der Waals surface area contributed by atoms with Gasteiger partial charge in [-0.05, 0) is 47.0 Å². The number of hydrogen-bond acceptors (Lipinski definition) is 4. The summed E-state index contributed by atoms with van der Waals surface area (Å²) in [5.74, 6) is 0. The molecule has 1 aromatic heterocycles. The summed E-state index contributed by atoms with van der Waals surface area (Å²) >= 11 is 5.21. The zero-order valence-electron chi connectivity index (χ0n) is 11.4. The van der Waals surface area contributed by atoms with Gasteiger partial charge < -0.3 is 0 Å². The third-order valence-electron chi connectivity index (χ3n) is 2.76. The number of nitrogens with one attached hydrogen (secondary N) is 1. The van der Waals surface area contributed by atoms with E-state index in [1.165, 1.54) is 18.2 Å². The molecule has 5 nitrogen and oxygen atoms in total. The van der Waals surface area contributed by atoms with Gasteiger partial charge in [0, 0.05) is 18.9 Å². The van der Waals surface area contributed by atoms with Crippen molar-refractivity contribution in [2.45, 2.75) is 11.4 Å². The minimum atomic E-state index is -3.65. The lowest BCUT2D eigenvalue weighted by atomic mass is 10.2. The first kappa shape index (κ1) is 16.4. The van der Waals surface area contributed by atoms with Gasteiger partial charge in [-0.25, -0.2) is 13.1 Å². The van der Waals surface area contributed by atoms with Crippen LogP contribution in [0.2, 0.25) is 0 Å². The van der Waals surface area contributed by atoms with Crippen LogP contribution < -0.4 is 4.72 Å². The van der Waals surface area contributed by atoms with Gasteiger partial charge in [-0.2, -0.15) is 0 Å².